The minimum absolute atomic E-state index is 0.0577. The summed E-state index contributed by atoms with van der Waals surface area (Å²) in [7, 11) is -3.48. The molecule has 1 fully saturated rings. The highest BCUT2D eigenvalue weighted by Gasteiger charge is 2.24. The van der Waals surface area contributed by atoms with Crippen LogP contribution in [0.1, 0.15) is 42.9 Å². The van der Waals surface area contributed by atoms with Gasteiger partial charge in [-0.05, 0) is 66.0 Å². The first kappa shape index (κ1) is 19.5. The van der Waals surface area contributed by atoms with Gasteiger partial charge in [0.2, 0.25) is 10.0 Å². The zero-order valence-corrected chi connectivity index (χ0v) is 16.4. The van der Waals surface area contributed by atoms with Crippen LogP contribution < -0.4 is 4.72 Å². The molecular weight excluding hydrogens is 371 g/mol. The fraction of sp³-hybridized carbons (Fsp3) is 0.474. The third kappa shape index (κ3) is 5.61. The van der Waals surface area contributed by atoms with E-state index >= 15 is 0 Å². The van der Waals surface area contributed by atoms with Gasteiger partial charge in [0.25, 0.3) is 0 Å². The van der Waals surface area contributed by atoms with Gasteiger partial charge in [-0.1, -0.05) is 25.0 Å². The molecule has 26 heavy (non-hydrogen) atoms. The highest BCUT2D eigenvalue weighted by Crippen LogP contribution is 2.25. The molecule has 0 spiro atoms. The van der Waals surface area contributed by atoms with Crippen LogP contribution in [-0.2, 0) is 15.8 Å². The Hall–Kier alpha value is -1.28. The SMILES string of the molecule is O=S(=O)(Cc1ccc(F)cc1)NC[C@H](c1ccsc1)N1CCCCCC1. The van der Waals surface area contributed by atoms with E-state index in [1.54, 1.807) is 11.3 Å². The molecule has 0 bridgehead atoms. The maximum absolute atomic E-state index is 13.0. The van der Waals surface area contributed by atoms with Crippen molar-refractivity contribution in [3.63, 3.8) is 0 Å². The first-order chi connectivity index (χ1) is 12.5. The third-order valence-electron chi connectivity index (χ3n) is 4.78. The Morgan fingerprint density at radius 3 is 2.38 bits per heavy atom. The number of benzene rings is 1. The van der Waals surface area contributed by atoms with E-state index in [0.717, 1.165) is 25.9 Å². The fourth-order valence-electron chi connectivity index (χ4n) is 3.39. The van der Waals surface area contributed by atoms with Gasteiger partial charge in [-0.3, -0.25) is 4.90 Å². The lowest BCUT2D eigenvalue weighted by atomic mass is 10.1. The molecule has 1 aliphatic heterocycles. The summed E-state index contributed by atoms with van der Waals surface area (Å²) in [5.41, 5.74) is 1.75. The van der Waals surface area contributed by atoms with Gasteiger partial charge in [0.05, 0.1) is 5.75 Å². The van der Waals surface area contributed by atoms with E-state index in [-0.39, 0.29) is 17.6 Å². The number of nitrogens with one attached hydrogen (secondary N) is 1. The first-order valence-electron chi connectivity index (χ1n) is 9.01. The monoisotopic (exact) mass is 396 g/mol. The van der Waals surface area contributed by atoms with Crippen molar-refractivity contribution in [3.05, 3.63) is 58.0 Å². The Morgan fingerprint density at radius 1 is 1.08 bits per heavy atom. The van der Waals surface area contributed by atoms with Gasteiger partial charge in [-0.25, -0.2) is 17.5 Å². The largest absolute Gasteiger partial charge is 0.295 e. The van der Waals surface area contributed by atoms with Crippen molar-refractivity contribution in [1.29, 1.82) is 0 Å². The van der Waals surface area contributed by atoms with Crippen molar-refractivity contribution in [3.8, 4) is 0 Å². The summed E-state index contributed by atoms with van der Waals surface area (Å²) in [6.07, 6.45) is 4.79. The number of sulfonamides is 1. The van der Waals surface area contributed by atoms with Crippen LogP contribution in [0.3, 0.4) is 0 Å². The van der Waals surface area contributed by atoms with Gasteiger partial charge in [-0.2, -0.15) is 11.3 Å². The van der Waals surface area contributed by atoms with Gasteiger partial charge in [0.15, 0.2) is 0 Å². The van der Waals surface area contributed by atoms with Crippen LogP contribution in [0.5, 0.6) is 0 Å². The van der Waals surface area contributed by atoms with Crippen LogP contribution in [0.25, 0.3) is 0 Å². The van der Waals surface area contributed by atoms with Crippen molar-refractivity contribution >= 4 is 21.4 Å². The van der Waals surface area contributed by atoms with Crippen LogP contribution in [0, 0.1) is 5.82 Å². The molecule has 2 aromatic rings. The predicted molar refractivity (Wildman–Crippen MR) is 104 cm³/mol. The number of rotatable bonds is 7. The highest BCUT2D eigenvalue weighted by molar-refractivity contribution is 7.88. The topological polar surface area (TPSA) is 49.4 Å². The van der Waals surface area contributed by atoms with E-state index in [1.807, 2.05) is 5.38 Å². The number of thiophene rings is 1. The summed E-state index contributed by atoms with van der Waals surface area (Å²) < 4.78 is 40.7. The molecule has 1 N–H and O–H groups in total. The van der Waals surface area contributed by atoms with Crippen LogP contribution in [0.15, 0.2) is 41.1 Å². The van der Waals surface area contributed by atoms with E-state index in [0.29, 0.717) is 12.1 Å². The number of hydrogen-bond donors (Lipinski definition) is 1. The average Bonchev–Trinajstić information content (AvgIpc) is 3.00. The Balaban J connectivity index is 1.67. The molecule has 7 heteroatoms. The van der Waals surface area contributed by atoms with Crippen LogP contribution in [-0.4, -0.2) is 33.0 Å². The molecule has 4 nitrogen and oxygen atoms in total. The number of hydrogen-bond acceptors (Lipinski definition) is 4. The van der Waals surface area contributed by atoms with Crippen molar-refractivity contribution in [1.82, 2.24) is 9.62 Å². The number of nitrogens with zero attached hydrogens (tertiary/aromatic N) is 1. The minimum Gasteiger partial charge on any atom is -0.295 e. The van der Waals surface area contributed by atoms with Crippen molar-refractivity contribution in [2.24, 2.45) is 0 Å². The van der Waals surface area contributed by atoms with E-state index in [1.165, 1.54) is 42.7 Å². The van der Waals surface area contributed by atoms with Gasteiger partial charge in [-0.15, -0.1) is 0 Å². The van der Waals surface area contributed by atoms with E-state index in [9.17, 15) is 12.8 Å². The van der Waals surface area contributed by atoms with Gasteiger partial charge >= 0.3 is 0 Å². The molecule has 0 saturated carbocycles. The molecule has 1 aromatic heterocycles. The molecule has 1 aliphatic rings. The summed E-state index contributed by atoms with van der Waals surface area (Å²) in [6, 6.07) is 7.74. The molecule has 0 radical (unpaired) electrons. The molecule has 1 saturated heterocycles. The van der Waals surface area contributed by atoms with Crippen LogP contribution in [0.2, 0.25) is 0 Å². The third-order valence-corrected chi connectivity index (χ3v) is 6.80. The van der Waals surface area contributed by atoms with Crippen molar-refractivity contribution in [2.45, 2.75) is 37.5 Å². The molecule has 0 aliphatic carbocycles. The van der Waals surface area contributed by atoms with Gasteiger partial charge in [0.1, 0.15) is 5.82 Å². The lowest BCUT2D eigenvalue weighted by Gasteiger charge is -2.30. The van der Waals surface area contributed by atoms with Crippen LogP contribution in [0.4, 0.5) is 4.39 Å². The standard InChI is InChI=1S/C19H25FN2O2S2/c20-18-7-5-16(6-8-18)15-26(23,24)21-13-19(17-9-12-25-14-17)22-10-3-1-2-4-11-22/h5-9,12,14,19,21H,1-4,10-11,13,15H2/t19-/m1/s1. The Bertz CT molecular complexity index is 768. The summed E-state index contributed by atoms with van der Waals surface area (Å²) in [5.74, 6) is -0.498. The number of likely N-dealkylation sites (tertiary alicyclic amines) is 1. The van der Waals surface area contributed by atoms with Crippen molar-refractivity contribution < 1.29 is 12.8 Å². The molecule has 1 atom stereocenters. The average molecular weight is 397 g/mol. The normalized spacial score (nSPS) is 17.7. The molecular formula is C19H25FN2O2S2. The molecule has 0 unspecified atom stereocenters. The lowest BCUT2D eigenvalue weighted by Crippen LogP contribution is -2.38. The smallest absolute Gasteiger partial charge is 0.215 e. The second kappa shape index (κ2) is 9.08. The van der Waals surface area contributed by atoms with Gasteiger partial charge < -0.3 is 0 Å². The molecule has 1 aromatic carbocycles. The lowest BCUT2D eigenvalue weighted by molar-refractivity contribution is 0.206. The first-order valence-corrected chi connectivity index (χ1v) is 11.6. The van der Waals surface area contributed by atoms with Gasteiger partial charge in [0, 0.05) is 12.6 Å². The van der Waals surface area contributed by atoms with E-state index in [4.69, 9.17) is 0 Å². The predicted octanol–water partition coefficient (Wildman–Crippen LogP) is 3.92. The molecule has 142 valence electrons. The van der Waals surface area contributed by atoms with E-state index in [2.05, 4.69) is 21.1 Å². The second-order valence-corrected chi connectivity index (χ2v) is 9.34. The Kier molecular flexibility index (Phi) is 6.80. The van der Waals surface area contributed by atoms with Crippen molar-refractivity contribution in [2.75, 3.05) is 19.6 Å². The van der Waals surface area contributed by atoms with Crippen LogP contribution >= 0.6 is 11.3 Å². The highest BCUT2D eigenvalue weighted by atomic mass is 32.2. The summed E-state index contributed by atoms with van der Waals surface area (Å²) in [4.78, 5) is 2.40. The Labute approximate surface area is 159 Å². The fourth-order valence-corrected chi connectivity index (χ4v) is 5.24. The zero-order valence-electron chi connectivity index (χ0n) is 14.7. The Morgan fingerprint density at radius 2 is 1.77 bits per heavy atom. The zero-order chi connectivity index (χ0) is 18.4. The quantitative estimate of drug-likeness (QED) is 0.772. The summed E-state index contributed by atoms with van der Waals surface area (Å²) >= 11 is 1.64. The molecule has 0 amide bonds. The second-order valence-electron chi connectivity index (χ2n) is 6.76. The van der Waals surface area contributed by atoms with E-state index < -0.39 is 10.0 Å². The maximum atomic E-state index is 13.0. The molecule has 2 heterocycles. The maximum Gasteiger partial charge on any atom is 0.215 e. The minimum atomic E-state index is -3.48. The molecule has 3 rings (SSSR count). The number of halogens is 1. The summed E-state index contributed by atoms with van der Waals surface area (Å²) in [6.45, 7) is 2.36. The summed E-state index contributed by atoms with van der Waals surface area (Å²) in [5, 5.41) is 4.14.